The molecule has 5 rings (SSSR count). The van der Waals surface area contributed by atoms with Crippen molar-refractivity contribution in [3.8, 4) is 5.75 Å². The standard InChI is InChI=1S/C34H38N4O3.C2HF3O2/c1-4-26(39)12-6-5-7-13-31(32-21-35-34(38-32)25-15-14-23-10-8-9-11-24(23)18-25)37-33(40)20-28-22(2)36-30-17-16-27(41-3)19-29(28)30;3-2(4,5)1(6)7/h8-11,14-19,21,31,36H,4-7,12-13,20H2,1-3H3,(H,35,38)(H,37,40);(H,6,7). The van der Waals surface area contributed by atoms with Crippen LogP contribution in [0, 0.1) is 6.92 Å². The number of Topliss-reactive ketones (excluding diaryl/α,β-unsaturated/α-hetero) is 1. The van der Waals surface area contributed by atoms with Crippen molar-refractivity contribution in [2.45, 2.75) is 71.0 Å². The molecule has 254 valence electrons. The fourth-order valence-electron chi connectivity index (χ4n) is 5.54. The highest BCUT2D eigenvalue weighted by molar-refractivity contribution is 5.98. The lowest BCUT2D eigenvalue weighted by atomic mass is 10.0. The van der Waals surface area contributed by atoms with Crippen molar-refractivity contribution in [1.82, 2.24) is 10.3 Å². The average molecular weight is 665 g/mol. The summed E-state index contributed by atoms with van der Waals surface area (Å²) in [4.78, 5) is 42.1. The number of ketones is 1. The Kier molecular flexibility index (Phi) is 12.1. The van der Waals surface area contributed by atoms with Gasteiger partial charge >= 0.3 is 6.18 Å². The second-order valence-corrected chi connectivity index (χ2v) is 11.6. The Morgan fingerprint density at radius 2 is 1.75 bits per heavy atom. The monoisotopic (exact) mass is 664 g/mol. The third kappa shape index (κ3) is 9.54. The molecule has 0 saturated heterocycles. The summed E-state index contributed by atoms with van der Waals surface area (Å²) >= 11 is 0. The Bertz CT molecular complexity index is 1840. The number of methoxy groups -OCH3 is 1. The molecule has 0 radical (unpaired) electrons. The van der Waals surface area contributed by atoms with Gasteiger partial charge in [-0.05, 0) is 66.4 Å². The number of ether oxygens (including phenoxy) is 1. The number of halogens is 3. The summed E-state index contributed by atoms with van der Waals surface area (Å²) in [6.07, 6.45) is 1.72. The highest BCUT2D eigenvalue weighted by Gasteiger charge is 2.29. The van der Waals surface area contributed by atoms with E-state index in [0.717, 1.165) is 70.7 Å². The number of quaternary nitrogens is 1. The highest BCUT2D eigenvalue weighted by Crippen LogP contribution is 2.27. The number of aromatic amines is 1. The van der Waals surface area contributed by atoms with Crippen LogP contribution in [-0.4, -0.2) is 47.8 Å². The average Bonchev–Trinajstić information content (AvgIpc) is 3.68. The van der Waals surface area contributed by atoms with Gasteiger partial charge in [-0.2, -0.15) is 18.2 Å². The molecule has 0 aliphatic carbocycles. The first kappa shape index (κ1) is 35.9. The molecule has 1 aromatic heterocycles. The normalized spacial score (nSPS) is 13.4. The van der Waals surface area contributed by atoms with Gasteiger partial charge in [0.05, 0.1) is 25.3 Å². The number of carboxylic acids is 1. The number of fused-ring (bicyclic) bond motifs is 2. The molecular weight excluding hydrogens is 625 g/mol. The molecule has 4 N–H and O–H groups in total. The van der Waals surface area contributed by atoms with Crippen molar-refractivity contribution < 1.29 is 42.7 Å². The van der Waals surface area contributed by atoms with Gasteiger partial charge in [0.1, 0.15) is 23.5 Å². The number of amides is 1. The summed E-state index contributed by atoms with van der Waals surface area (Å²) < 4.78 is 37.0. The molecule has 1 aliphatic rings. The van der Waals surface area contributed by atoms with Crippen LogP contribution in [-0.2, 0) is 20.8 Å². The predicted molar refractivity (Wildman–Crippen MR) is 175 cm³/mol. The maximum Gasteiger partial charge on any atom is 0.430 e. The number of aliphatic carboxylic acids is 1. The van der Waals surface area contributed by atoms with Crippen LogP contribution in [0.5, 0.6) is 5.75 Å². The Hall–Kier alpha value is -4.97. The zero-order chi connectivity index (χ0) is 34.8. The van der Waals surface area contributed by atoms with Gasteiger partial charge in [-0.25, -0.2) is 0 Å². The van der Waals surface area contributed by atoms with E-state index in [4.69, 9.17) is 19.6 Å². The van der Waals surface area contributed by atoms with Crippen LogP contribution in [0.3, 0.4) is 0 Å². The van der Waals surface area contributed by atoms with E-state index in [1.165, 1.54) is 10.8 Å². The number of carboxylic acid groups (broad SMARTS) is 1. The van der Waals surface area contributed by atoms with E-state index in [9.17, 15) is 22.8 Å². The van der Waals surface area contributed by atoms with Gasteiger partial charge in [-0.1, -0.05) is 50.1 Å². The number of carbonyl (C=O) groups excluding carboxylic acids is 3. The van der Waals surface area contributed by atoms with E-state index >= 15 is 0 Å². The summed E-state index contributed by atoms with van der Waals surface area (Å²) in [5, 5.41) is 17.6. The number of benzene rings is 3. The lowest BCUT2D eigenvalue weighted by Gasteiger charge is -2.18. The third-order valence-corrected chi connectivity index (χ3v) is 8.18. The number of rotatable bonds is 13. The van der Waals surface area contributed by atoms with E-state index in [0.29, 0.717) is 18.6 Å². The Balaban J connectivity index is 0.000000671. The summed E-state index contributed by atoms with van der Waals surface area (Å²) in [5.74, 6) is -1.07. The Morgan fingerprint density at radius 3 is 2.44 bits per heavy atom. The van der Waals surface area contributed by atoms with Crippen molar-refractivity contribution in [1.29, 1.82) is 0 Å². The van der Waals surface area contributed by atoms with Gasteiger partial charge in [0.2, 0.25) is 11.7 Å². The molecular formula is C36H39F3N4O5. The lowest BCUT2D eigenvalue weighted by Crippen LogP contribution is -2.87. The number of carbonyl (C=O) groups is 3. The molecule has 3 aromatic carbocycles. The number of hydrogen-bond donors (Lipinski definition) is 3. The van der Waals surface area contributed by atoms with Crippen LogP contribution >= 0.6 is 0 Å². The van der Waals surface area contributed by atoms with Crippen molar-refractivity contribution in [2.75, 3.05) is 7.11 Å². The SMILES string of the molecule is CCC(=O)CCCCCC(NC(=O)Cc1c(C)[nH]c2ccc(OC)cc12)C1=CN=C(c2ccc3ccccc3c2)[NH2+]1.O=C([O-])C(F)(F)F. The van der Waals surface area contributed by atoms with Crippen molar-refractivity contribution in [3.63, 3.8) is 0 Å². The first-order valence-electron chi connectivity index (χ1n) is 15.8. The van der Waals surface area contributed by atoms with Crippen molar-refractivity contribution in [2.24, 2.45) is 4.99 Å². The number of nitrogens with zero attached hydrogens (tertiary/aromatic N) is 1. The fraction of sp³-hybridized carbons (Fsp3) is 0.333. The third-order valence-electron chi connectivity index (χ3n) is 8.18. The molecule has 0 saturated carbocycles. The molecule has 4 aromatic rings. The number of aliphatic imine (C=N–C) groups is 1. The van der Waals surface area contributed by atoms with Gasteiger partial charge in [0.25, 0.3) is 0 Å². The van der Waals surface area contributed by atoms with Crippen molar-refractivity contribution in [3.05, 3.63) is 89.4 Å². The number of amidine groups is 1. The molecule has 2 heterocycles. The van der Waals surface area contributed by atoms with Crippen LogP contribution in [0.25, 0.3) is 21.7 Å². The molecule has 1 amide bonds. The van der Waals surface area contributed by atoms with Gasteiger partial charge in [-0.15, -0.1) is 0 Å². The van der Waals surface area contributed by atoms with Crippen LogP contribution < -0.4 is 20.5 Å². The lowest BCUT2D eigenvalue weighted by molar-refractivity contribution is -0.483. The van der Waals surface area contributed by atoms with E-state index in [-0.39, 0.29) is 18.4 Å². The number of nitrogens with two attached hydrogens (primary N) is 1. The zero-order valence-corrected chi connectivity index (χ0v) is 27.1. The number of hydrogen-bond acceptors (Lipinski definition) is 6. The minimum atomic E-state index is -5.19. The zero-order valence-electron chi connectivity index (χ0n) is 27.1. The minimum Gasteiger partial charge on any atom is -0.542 e. The number of aromatic nitrogens is 1. The second-order valence-electron chi connectivity index (χ2n) is 11.6. The fourth-order valence-corrected chi connectivity index (χ4v) is 5.54. The summed E-state index contributed by atoms with van der Waals surface area (Å²) in [6.45, 7) is 3.91. The van der Waals surface area contributed by atoms with Gasteiger partial charge in [-0.3, -0.25) is 14.9 Å². The van der Waals surface area contributed by atoms with Crippen LogP contribution in [0.15, 0.2) is 77.6 Å². The van der Waals surface area contributed by atoms with E-state index in [1.807, 2.05) is 50.4 Å². The van der Waals surface area contributed by atoms with Crippen molar-refractivity contribution >= 4 is 45.2 Å². The van der Waals surface area contributed by atoms with E-state index in [2.05, 4.69) is 45.9 Å². The quantitative estimate of drug-likeness (QED) is 0.177. The molecule has 1 aliphatic heterocycles. The molecule has 0 fully saturated rings. The smallest absolute Gasteiger partial charge is 0.430 e. The van der Waals surface area contributed by atoms with Gasteiger partial charge in [0.15, 0.2) is 5.70 Å². The summed E-state index contributed by atoms with van der Waals surface area (Å²) in [5.41, 5.74) is 5.01. The van der Waals surface area contributed by atoms with E-state index in [1.54, 1.807) is 7.11 Å². The Morgan fingerprint density at radius 1 is 1.02 bits per heavy atom. The van der Waals surface area contributed by atoms with Crippen LogP contribution in [0.2, 0.25) is 0 Å². The van der Waals surface area contributed by atoms with Crippen LogP contribution in [0.1, 0.15) is 62.3 Å². The molecule has 48 heavy (non-hydrogen) atoms. The second kappa shape index (κ2) is 16.2. The number of H-pyrrole nitrogens is 1. The maximum atomic E-state index is 13.5. The first-order chi connectivity index (χ1) is 22.9. The van der Waals surface area contributed by atoms with E-state index < -0.39 is 12.1 Å². The molecule has 1 atom stereocenters. The number of nitrogens with one attached hydrogen (secondary N) is 2. The Labute approximate surface area is 276 Å². The highest BCUT2D eigenvalue weighted by atomic mass is 19.4. The molecule has 0 bridgehead atoms. The van der Waals surface area contributed by atoms with Gasteiger partial charge in [0, 0.05) is 29.4 Å². The molecule has 9 nitrogen and oxygen atoms in total. The largest absolute Gasteiger partial charge is 0.542 e. The number of aryl methyl sites for hydroxylation is 1. The number of unbranched alkanes of at least 4 members (excludes halogenated alkanes) is 2. The van der Waals surface area contributed by atoms with Crippen LogP contribution in [0.4, 0.5) is 13.2 Å². The first-order valence-corrected chi connectivity index (χ1v) is 15.8. The number of alkyl halides is 3. The maximum absolute atomic E-state index is 13.5. The van der Waals surface area contributed by atoms with Gasteiger partial charge < -0.3 is 24.9 Å². The molecule has 12 heteroatoms. The predicted octanol–water partition coefficient (Wildman–Crippen LogP) is 4.76. The topological polar surface area (TPSA) is 140 Å². The summed E-state index contributed by atoms with van der Waals surface area (Å²) in [7, 11) is 1.65. The molecule has 0 spiro atoms. The molecule has 1 unspecified atom stereocenters. The minimum absolute atomic E-state index is 0.0311. The summed E-state index contributed by atoms with van der Waals surface area (Å²) in [6, 6.07) is 20.4.